The van der Waals surface area contributed by atoms with Crippen molar-refractivity contribution in [1.82, 2.24) is 15.1 Å². The third-order valence-electron chi connectivity index (χ3n) is 2.12. The van der Waals surface area contributed by atoms with Crippen molar-refractivity contribution in [1.29, 1.82) is 0 Å². The molecule has 0 saturated carbocycles. The van der Waals surface area contributed by atoms with E-state index in [1.807, 2.05) is 19.1 Å². The van der Waals surface area contributed by atoms with Gasteiger partial charge in [-0.1, -0.05) is 12.1 Å². The van der Waals surface area contributed by atoms with Gasteiger partial charge in [0, 0.05) is 18.0 Å². The number of hydrogen-bond acceptors (Lipinski definition) is 5. The molecule has 0 aliphatic rings. The summed E-state index contributed by atoms with van der Waals surface area (Å²) in [5.74, 6) is 0.998. The molecule has 0 spiro atoms. The molecule has 2 aromatic rings. The first kappa shape index (κ1) is 9.79. The molecule has 0 bridgehead atoms. The SMILES string of the molecule is CC[C@@H](N)c1nc(-c2cccnc2)no1. The predicted molar refractivity (Wildman–Crippen MR) is 54.7 cm³/mol. The Labute approximate surface area is 87.3 Å². The van der Waals surface area contributed by atoms with Crippen molar-refractivity contribution >= 4 is 0 Å². The Kier molecular flexibility index (Phi) is 2.73. The average Bonchev–Trinajstić information content (AvgIpc) is 2.78. The van der Waals surface area contributed by atoms with Gasteiger partial charge in [0.15, 0.2) is 0 Å². The summed E-state index contributed by atoms with van der Waals surface area (Å²) in [4.78, 5) is 8.19. The van der Waals surface area contributed by atoms with Gasteiger partial charge in [0.1, 0.15) is 0 Å². The van der Waals surface area contributed by atoms with Gasteiger partial charge in [0.25, 0.3) is 0 Å². The van der Waals surface area contributed by atoms with E-state index in [9.17, 15) is 0 Å². The monoisotopic (exact) mass is 204 g/mol. The molecule has 78 valence electrons. The fourth-order valence-corrected chi connectivity index (χ4v) is 1.17. The van der Waals surface area contributed by atoms with Gasteiger partial charge in [-0.2, -0.15) is 4.98 Å². The minimum Gasteiger partial charge on any atom is -0.337 e. The fourth-order valence-electron chi connectivity index (χ4n) is 1.17. The lowest BCUT2D eigenvalue weighted by Crippen LogP contribution is -2.08. The number of rotatable bonds is 3. The van der Waals surface area contributed by atoms with Gasteiger partial charge in [0.2, 0.25) is 11.7 Å². The first-order chi connectivity index (χ1) is 7.31. The van der Waals surface area contributed by atoms with E-state index in [-0.39, 0.29) is 6.04 Å². The van der Waals surface area contributed by atoms with Crippen molar-refractivity contribution in [3.63, 3.8) is 0 Å². The molecule has 0 aromatic carbocycles. The lowest BCUT2D eigenvalue weighted by molar-refractivity contribution is 0.352. The minimum absolute atomic E-state index is 0.192. The maximum atomic E-state index is 5.77. The largest absolute Gasteiger partial charge is 0.337 e. The summed E-state index contributed by atoms with van der Waals surface area (Å²) >= 11 is 0. The number of nitrogens with zero attached hydrogens (tertiary/aromatic N) is 3. The van der Waals surface area contributed by atoms with Crippen LogP contribution in [0.5, 0.6) is 0 Å². The van der Waals surface area contributed by atoms with E-state index in [0.29, 0.717) is 11.7 Å². The van der Waals surface area contributed by atoms with Crippen LogP contribution in [0.4, 0.5) is 0 Å². The number of nitrogens with two attached hydrogens (primary N) is 1. The molecule has 15 heavy (non-hydrogen) atoms. The van der Waals surface area contributed by atoms with Crippen LogP contribution in [-0.4, -0.2) is 15.1 Å². The first-order valence-electron chi connectivity index (χ1n) is 4.81. The van der Waals surface area contributed by atoms with Crippen LogP contribution in [0.3, 0.4) is 0 Å². The highest BCUT2D eigenvalue weighted by molar-refractivity contribution is 5.51. The van der Waals surface area contributed by atoms with Gasteiger partial charge in [-0.15, -0.1) is 0 Å². The summed E-state index contributed by atoms with van der Waals surface area (Å²) in [7, 11) is 0. The molecule has 0 aliphatic heterocycles. The molecule has 0 amide bonds. The Morgan fingerprint density at radius 1 is 1.53 bits per heavy atom. The second kappa shape index (κ2) is 4.18. The van der Waals surface area contributed by atoms with Gasteiger partial charge in [-0.25, -0.2) is 0 Å². The second-order valence-corrected chi connectivity index (χ2v) is 3.21. The number of pyridine rings is 1. The predicted octanol–water partition coefficient (Wildman–Crippen LogP) is 1.54. The van der Waals surface area contributed by atoms with Crippen LogP contribution >= 0.6 is 0 Å². The molecule has 0 unspecified atom stereocenters. The van der Waals surface area contributed by atoms with E-state index in [2.05, 4.69) is 15.1 Å². The Bertz CT molecular complexity index is 426. The molecule has 2 N–H and O–H groups in total. The van der Waals surface area contributed by atoms with Crippen molar-refractivity contribution < 1.29 is 4.52 Å². The van der Waals surface area contributed by atoms with Crippen LogP contribution in [0.1, 0.15) is 25.3 Å². The summed E-state index contributed by atoms with van der Waals surface area (Å²) < 4.78 is 5.06. The van der Waals surface area contributed by atoms with Gasteiger partial charge < -0.3 is 10.3 Å². The highest BCUT2D eigenvalue weighted by atomic mass is 16.5. The quantitative estimate of drug-likeness (QED) is 0.820. The zero-order chi connectivity index (χ0) is 10.7. The van der Waals surface area contributed by atoms with Crippen LogP contribution in [0.25, 0.3) is 11.4 Å². The lowest BCUT2D eigenvalue weighted by atomic mass is 10.2. The van der Waals surface area contributed by atoms with Crippen molar-refractivity contribution in [2.75, 3.05) is 0 Å². The van der Waals surface area contributed by atoms with Crippen molar-refractivity contribution in [2.45, 2.75) is 19.4 Å². The van der Waals surface area contributed by atoms with Gasteiger partial charge >= 0.3 is 0 Å². The third kappa shape index (κ3) is 2.02. The molecule has 0 radical (unpaired) electrons. The van der Waals surface area contributed by atoms with Crippen LogP contribution in [0.2, 0.25) is 0 Å². The summed E-state index contributed by atoms with van der Waals surface area (Å²) in [5.41, 5.74) is 6.60. The van der Waals surface area contributed by atoms with Crippen LogP contribution in [0.15, 0.2) is 29.0 Å². The molecule has 0 saturated heterocycles. The average molecular weight is 204 g/mol. The number of hydrogen-bond donors (Lipinski definition) is 1. The summed E-state index contributed by atoms with van der Waals surface area (Å²) in [6.45, 7) is 1.97. The van der Waals surface area contributed by atoms with E-state index in [1.54, 1.807) is 12.4 Å². The maximum absolute atomic E-state index is 5.77. The maximum Gasteiger partial charge on any atom is 0.243 e. The summed E-state index contributed by atoms with van der Waals surface area (Å²) in [6, 6.07) is 3.51. The Morgan fingerprint density at radius 2 is 2.40 bits per heavy atom. The molecule has 0 aliphatic carbocycles. The van der Waals surface area contributed by atoms with E-state index in [0.717, 1.165) is 12.0 Å². The fraction of sp³-hybridized carbons (Fsp3) is 0.300. The molecule has 2 rings (SSSR count). The summed E-state index contributed by atoms with van der Waals surface area (Å²) in [6.07, 6.45) is 4.16. The second-order valence-electron chi connectivity index (χ2n) is 3.21. The lowest BCUT2D eigenvalue weighted by Gasteiger charge is -1.98. The van der Waals surface area contributed by atoms with E-state index in [4.69, 9.17) is 10.3 Å². The normalized spacial score (nSPS) is 12.7. The molecule has 2 heterocycles. The topological polar surface area (TPSA) is 77.8 Å². The third-order valence-corrected chi connectivity index (χ3v) is 2.12. The zero-order valence-electron chi connectivity index (χ0n) is 8.42. The van der Waals surface area contributed by atoms with E-state index in [1.165, 1.54) is 0 Å². The number of aromatic nitrogens is 3. The smallest absolute Gasteiger partial charge is 0.243 e. The van der Waals surface area contributed by atoms with Crippen molar-refractivity contribution in [3.8, 4) is 11.4 Å². The van der Waals surface area contributed by atoms with Crippen LogP contribution in [-0.2, 0) is 0 Å². The zero-order valence-corrected chi connectivity index (χ0v) is 8.42. The molecule has 0 fully saturated rings. The van der Waals surface area contributed by atoms with Gasteiger partial charge in [-0.3, -0.25) is 4.98 Å². The molecule has 5 nitrogen and oxygen atoms in total. The van der Waals surface area contributed by atoms with Gasteiger partial charge in [-0.05, 0) is 18.6 Å². The Morgan fingerprint density at radius 3 is 3.07 bits per heavy atom. The van der Waals surface area contributed by atoms with E-state index < -0.39 is 0 Å². The molecule has 5 heteroatoms. The van der Waals surface area contributed by atoms with Crippen molar-refractivity contribution in [3.05, 3.63) is 30.4 Å². The van der Waals surface area contributed by atoms with Crippen LogP contribution < -0.4 is 5.73 Å². The highest BCUT2D eigenvalue weighted by Crippen LogP contribution is 2.17. The highest BCUT2D eigenvalue weighted by Gasteiger charge is 2.13. The molecular formula is C10H12N4O. The Balaban J connectivity index is 2.28. The van der Waals surface area contributed by atoms with Crippen molar-refractivity contribution in [2.24, 2.45) is 5.73 Å². The van der Waals surface area contributed by atoms with Gasteiger partial charge in [0.05, 0.1) is 6.04 Å². The first-order valence-corrected chi connectivity index (χ1v) is 4.81. The molecule has 1 atom stereocenters. The molecule has 2 aromatic heterocycles. The summed E-state index contributed by atoms with van der Waals surface area (Å²) in [5, 5.41) is 3.85. The standard InChI is InChI=1S/C10H12N4O/c1-2-8(11)10-13-9(14-15-10)7-4-3-5-12-6-7/h3-6,8H,2,11H2,1H3/t8-/m1/s1. The molecular weight excluding hydrogens is 192 g/mol. The minimum atomic E-state index is -0.192. The van der Waals surface area contributed by atoms with E-state index >= 15 is 0 Å². The van der Waals surface area contributed by atoms with Crippen LogP contribution in [0, 0.1) is 0 Å². The Hall–Kier alpha value is -1.75.